The highest BCUT2D eigenvalue weighted by atomic mass is 127. The number of nitrogens with zero attached hydrogens (tertiary/aromatic N) is 1. The number of guanidine groups is 1. The van der Waals surface area contributed by atoms with E-state index in [0.29, 0.717) is 12.5 Å². The predicted octanol–water partition coefficient (Wildman–Crippen LogP) is 4.28. The molecule has 1 aromatic heterocycles. The van der Waals surface area contributed by atoms with Gasteiger partial charge in [-0.2, -0.15) is 13.2 Å². The van der Waals surface area contributed by atoms with E-state index in [4.69, 9.17) is 9.15 Å². The number of aliphatic hydroxyl groups is 1. The third kappa shape index (κ3) is 8.42. The molecule has 0 aliphatic rings. The number of benzene rings is 1. The smallest absolute Gasteiger partial charge is 0.416 e. The van der Waals surface area contributed by atoms with Gasteiger partial charge >= 0.3 is 6.18 Å². The van der Waals surface area contributed by atoms with Crippen molar-refractivity contribution in [2.24, 2.45) is 4.99 Å². The largest absolute Gasteiger partial charge is 0.491 e. The van der Waals surface area contributed by atoms with Crippen molar-refractivity contribution in [3.8, 4) is 5.75 Å². The van der Waals surface area contributed by atoms with Crippen LogP contribution in [0.5, 0.6) is 5.75 Å². The molecule has 0 radical (unpaired) electrons. The zero-order valence-electron chi connectivity index (χ0n) is 17.0. The standard InChI is InChI=1S/C20H26F3N3O3.HI/c1-4-24-19(26-14(3)18-9-8-13(2)29-18)25-11-16(27)12-28-17-7-5-6-15(10-17)20(21,22)23;/h5-10,14,16,27H,4,11-12H2,1-3H3,(H2,24,25,26);1H. The molecule has 0 bridgehead atoms. The molecule has 0 aliphatic heterocycles. The second-order valence-corrected chi connectivity index (χ2v) is 6.52. The van der Waals surface area contributed by atoms with Gasteiger partial charge in [0.05, 0.1) is 18.2 Å². The predicted molar refractivity (Wildman–Crippen MR) is 119 cm³/mol. The maximum atomic E-state index is 12.7. The number of hydrogen-bond acceptors (Lipinski definition) is 4. The zero-order chi connectivity index (χ0) is 21.4. The van der Waals surface area contributed by atoms with Crippen LogP contribution in [0.3, 0.4) is 0 Å². The highest BCUT2D eigenvalue weighted by Crippen LogP contribution is 2.31. The van der Waals surface area contributed by atoms with Crippen LogP contribution in [-0.2, 0) is 6.18 Å². The molecular weight excluding hydrogens is 514 g/mol. The van der Waals surface area contributed by atoms with Crippen LogP contribution in [0.15, 0.2) is 45.8 Å². The Hall–Kier alpha value is -1.95. The van der Waals surface area contributed by atoms with Crippen LogP contribution in [0.1, 0.15) is 37.0 Å². The molecule has 0 amide bonds. The number of furan rings is 1. The van der Waals surface area contributed by atoms with Crippen molar-refractivity contribution in [1.82, 2.24) is 10.6 Å². The van der Waals surface area contributed by atoms with Crippen molar-refractivity contribution in [2.45, 2.75) is 39.1 Å². The number of hydrogen-bond donors (Lipinski definition) is 3. The van der Waals surface area contributed by atoms with E-state index < -0.39 is 17.8 Å². The maximum Gasteiger partial charge on any atom is 0.416 e. The van der Waals surface area contributed by atoms with Crippen LogP contribution in [0.2, 0.25) is 0 Å². The van der Waals surface area contributed by atoms with Crippen molar-refractivity contribution >= 4 is 29.9 Å². The lowest BCUT2D eigenvalue weighted by Crippen LogP contribution is -2.39. The van der Waals surface area contributed by atoms with Crippen LogP contribution in [-0.4, -0.2) is 36.9 Å². The van der Waals surface area contributed by atoms with Gasteiger partial charge in [0.15, 0.2) is 5.96 Å². The number of nitrogens with one attached hydrogen (secondary N) is 2. The molecule has 1 aromatic carbocycles. The van der Waals surface area contributed by atoms with Gasteiger partial charge in [-0.25, -0.2) is 0 Å². The summed E-state index contributed by atoms with van der Waals surface area (Å²) in [5.41, 5.74) is -0.803. The Kier molecular flexibility index (Phi) is 10.5. The quantitative estimate of drug-likeness (QED) is 0.264. The van der Waals surface area contributed by atoms with Crippen LogP contribution < -0.4 is 15.4 Å². The molecule has 168 valence electrons. The van der Waals surface area contributed by atoms with Gasteiger partial charge < -0.3 is 24.9 Å². The molecule has 0 saturated heterocycles. The third-order valence-corrected chi connectivity index (χ3v) is 3.95. The van der Waals surface area contributed by atoms with Crippen LogP contribution in [0.25, 0.3) is 0 Å². The summed E-state index contributed by atoms with van der Waals surface area (Å²) in [7, 11) is 0. The molecule has 2 unspecified atom stereocenters. The average Bonchev–Trinajstić information content (AvgIpc) is 3.10. The summed E-state index contributed by atoms with van der Waals surface area (Å²) in [5.74, 6) is 2.07. The van der Waals surface area contributed by atoms with Gasteiger partial charge in [-0.15, -0.1) is 24.0 Å². The second kappa shape index (κ2) is 12.0. The summed E-state index contributed by atoms with van der Waals surface area (Å²) in [6.07, 6.45) is -5.43. The second-order valence-electron chi connectivity index (χ2n) is 6.52. The average molecular weight is 541 g/mol. The maximum absolute atomic E-state index is 12.7. The van der Waals surface area contributed by atoms with Crippen molar-refractivity contribution in [3.05, 3.63) is 53.5 Å². The molecule has 2 atom stereocenters. The van der Waals surface area contributed by atoms with Gasteiger partial charge in [0.2, 0.25) is 0 Å². The molecule has 2 rings (SSSR count). The molecular formula is C20H27F3IN3O3. The lowest BCUT2D eigenvalue weighted by Gasteiger charge is -2.17. The van der Waals surface area contributed by atoms with E-state index in [-0.39, 0.29) is 48.9 Å². The van der Waals surface area contributed by atoms with E-state index in [2.05, 4.69) is 15.6 Å². The molecule has 6 nitrogen and oxygen atoms in total. The molecule has 10 heteroatoms. The van der Waals surface area contributed by atoms with E-state index in [0.717, 1.165) is 23.7 Å². The molecule has 1 heterocycles. The Morgan fingerprint density at radius 2 is 2.00 bits per heavy atom. The van der Waals surface area contributed by atoms with E-state index >= 15 is 0 Å². The van der Waals surface area contributed by atoms with E-state index in [1.165, 1.54) is 12.1 Å². The molecule has 2 aromatic rings. The first kappa shape index (κ1) is 26.1. The molecule has 0 fully saturated rings. The SMILES string of the molecule is CCNC(=NCC(O)COc1cccc(C(F)(F)F)c1)NC(C)c1ccc(C)o1.I. The van der Waals surface area contributed by atoms with Gasteiger partial charge in [-0.05, 0) is 51.1 Å². The van der Waals surface area contributed by atoms with Gasteiger partial charge in [0, 0.05) is 6.54 Å². The fourth-order valence-electron chi connectivity index (χ4n) is 2.49. The van der Waals surface area contributed by atoms with Gasteiger partial charge in [-0.3, -0.25) is 4.99 Å². The van der Waals surface area contributed by atoms with E-state index in [9.17, 15) is 18.3 Å². The summed E-state index contributed by atoms with van der Waals surface area (Å²) in [6, 6.07) is 8.12. The highest BCUT2D eigenvalue weighted by Gasteiger charge is 2.30. The summed E-state index contributed by atoms with van der Waals surface area (Å²) in [6.45, 7) is 6.13. The summed E-state index contributed by atoms with van der Waals surface area (Å²) in [4.78, 5) is 4.30. The molecule has 3 N–H and O–H groups in total. The van der Waals surface area contributed by atoms with Gasteiger partial charge in [0.1, 0.15) is 30.0 Å². The number of ether oxygens (including phenoxy) is 1. The minimum atomic E-state index is -4.45. The Bertz CT molecular complexity index is 812. The number of rotatable bonds is 8. The lowest BCUT2D eigenvalue weighted by atomic mass is 10.2. The fourth-order valence-corrected chi connectivity index (χ4v) is 2.49. The lowest BCUT2D eigenvalue weighted by molar-refractivity contribution is -0.137. The van der Waals surface area contributed by atoms with Crippen molar-refractivity contribution in [2.75, 3.05) is 19.7 Å². The molecule has 0 aliphatic carbocycles. The summed E-state index contributed by atoms with van der Waals surface area (Å²) < 4.78 is 49.1. The number of halogens is 4. The summed E-state index contributed by atoms with van der Waals surface area (Å²) >= 11 is 0. The normalized spacial score (nSPS) is 13.9. The first-order valence-electron chi connectivity index (χ1n) is 9.28. The minimum Gasteiger partial charge on any atom is -0.491 e. The third-order valence-electron chi connectivity index (χ3n) is 3.95. The number of aryl methyl sites for hydroxylation is 1. The van der Waals surface area contributed by atoms with Gasteiger partial charge in [-0.1, -0.05) is 6.07 Å². The molecule has 0 saturated carbocycles. The monoisotopic (exact) mass is 541 g/mol. The molecule has 30 heavy (non-hydrogen) atoms. The van der Waals surface area contributed by atoms with Crippen LogP contribution >= 0.6 is 24.0 Å². The van der Waals surface area contributed by atoms with E-state index in [1.54, 1.807) is 0 Å². The van der Waals surface area contributed by atoms with Crippen molar-refractivity contribution in [1.29, 1.82) is 0 Å². The van der Waals surface area contributed by atoms with Crippen molar-refractivity contribution < 1.29 is 27.4 Å². The first-order valence-corrected chi connectivity index (χ1v) is 9.28. The van der Waals surface area contributed by atoms with E-state index in [1.807, 2.05) is 32.9 Å². The number of alkyl halides is 3. The Morgan fingerprint density at radius 3 is 2.60 bits per heavy atom. The number of aliphatic imine (C=N–C) groups is 1. The Balaban J connectivity index is 0.00000450. The minimum absolute atomic E-state index is 0. The number of aliphatic hydroxyl groups excluding tert-OH is 1. The van der Waals surface area contributed by atoms with Crippen LogP contribution in [0.4, 0.5) is 13.2 Å². The molecule has 0 spiro atoms. The zero-order valence-corrected chi connectivity index (χ0v) is 19.3. The summed E-state index contributed by atoms with van der Waals surface area (Å²) in [5, 5.41) is 16.3. The Labute approximate surface area is 190 Å². The van der Waals surface area contributed by atoms with Crippen molar-refractivity contribution in [3.63, 3.8) is 0 Å². The highest BCUT2D eigenvalue weighted by molar-refractivity contribution is 14.0. The topological polar surface area (TPSA) is 79.0 Å². The Morgan fingerprint density at radius 1 is 1.27 bits per heavy atom. The fraction of sp³-hybridized carbons (Fsp3) is 0.450. The van der Waals surface area contributed by atoms with Crippen LogP contribution in [0, 0.1) is 6.92 Å². The van der Waals surface area contributed by atoms with Gasteiger partial charge in [0.25, 0.3) is 0 Å². The first-order chi connectivity index (χ1) is 13.7.